The van der Waals surface area contributed by atoms with Crippen molar-refractivity contribution in [2.45, 2.75) is 24.7 Å². The molecule has 1 aliphatic heterocycles. The summed E-state index contributed by atoms with van der Waals surface area (Å²) in [7, 11) is 0. The Kier molecular flexibility index (Phi) is 5.82. The largest absolute Gasteiger partial charge is 0.490 e. The van der Waals surface area contributed by atoms with Crippen molar-refractivity contribution in [1.29, 1.82) is 5.26 Å². The van der Waals surface area contributed by atoms with E-state index in [2.05, 4.69) is 10.3 Å². The fourth-order valence-corrected chi connectivity index (χ4v) is 1.91. The maximum Gasteiger partial charge on any atom is 0.490 e. The SMILES string of the molecule is N#Cc1cccnc1C1(F)CCNCC1.O=C(O)C(F)(F)F. The highest BCUT2D eigenvalue weighted by molar-refractivity contribution is 5.73. The summed E-state index contributed by atoms with van der Waals surface area (Å²) in [5.41, 5.74) is -0.784. The fourth-order valence-electron chi connectivity index (χ4n) is 1.91. The third-order valence-electron chi connectivity index (χ3n) is 2.99. The second-order valence-corrected chi connectivity index (χ2v) is 4.53. The van der Waals surface area contributed by atoms with Crippen LogP contribution in [0, 0.1) is 11.3 Å². The molecule has 2 N–H and O–H groups in total. The summed E-state index contributed by atoms with van der Waals surface area (Å²) >= 11 is 0. The van der Waals surface area contributed by atoms with E-state index in [1.165, 1.54) is 0 Å². The molecule has 9 heteroatoms. The first-order valence-corrected chi connectivity index (χ1v) is 6.26. The zero-order chi connectivity index (χ0) is 16.8. The van der Waals surface area contributed by atoms with E-state index in [1.807, 2.05) is 6.07 Å². The van der Waals surface area contributed by atoms with Crippen LogP contribution in [-0.2, 0) is 10.5 Å². The minimum Gasteiger partial charge on any atom is -0.475 e. The Labute approximate surface area is 123 Å². The Balaban J connectivity index is 0.000000295. The molecule has 0 radical (unpaired) electrons. The highest BCUT2D eigenvalue weighted by atomic mass is 19.4. The quantitative estimate of drug-likeness (QED) is 0.775. The van der Waals surface area contributed by atoms with Crippen molar-refractivity contribution in [1.82, 2.24) is 10.3 Å². The molecule has 120 valence electrons. The number of carboxylic acids is 1. The van der Waals surface area contributed by atoms with Gasteiger partial charge in [-0.1, -0.05) is 0 Å². The molecule has 1 fully saturated rings. The number of hydrogen-bond donors (Lipinski definition) is 2. The first-order valence-electron chi connectivity index (χ1n) is 6.26. The molecule has 0 spiro atoms. The van der Waals surface area contributed by atoms with Crippen molar-refractivity contribution >= 4 is 5.97 Å². The molecule has 0 aromatic carbocycles. The number of aliphatic carboxylic acids is 1. The Morgan fingerprint density at radius 2 is 1.95 bits per heavy atom. The lowest BCUT2D eigenvalue weighted by molar-refractivity contribution is -0.192. The molecule has 5 nitrogen and oxygen atoms in total. The summed E-state index contributed by atoms with van der Waals surface area (Å²) in [6.07, 6.45) is -2.77. The number of piperidine rings is 1. The summed E-state index contributed by atoms with van der Waals surface area (Å²) < 4.78 is 46.2. The van der Waals surface area contributed by atoms with Gasteiger partial charge in [0.05, 0.1) is 11.3 Å². The van der Waals surface area contributed by atoms with E-state index in [0.29, 0.717) is 37.2 Å². The third-order valence-corrected chi connectivity index (χ3v) is 2.99. The molecule has 0 saturated carbocycles. The van der Waals surface area contributed by atoms with E-state index in [1.54, 1.807) is 18.3 Å². The van der Waals surface area contributed by atoms with E-state index < -0.39 is 17.8 Å². The molecule has 1 aromatic rings. The molecule has 1 aromatic heterocycles. The van der Waals surface area contributed by atoms with Crippen LogP contribution in [0.1, 0.15) is 24.1 Å². The highest BCUT2D eigenvalue weighted by Gasteiger charge is 2.38. The Bertz CT molecular complexity index is 563. The molecule has 1 aliphatic rings. The van der Waals surface area contributed by atoms with Crippen LogP contribution < -0.4 is 5.32 Å². The smallest absolute Gasteiger partial charge is 0.475 e. The van der Waals surface area contributed by atoms with Gasteiger partial charge in [0, 0.05) is 6.20 Å². The number of halogens is 4. The molecule has 0 atom stereocenters. The molecular formula is C13H13F4N3O2. The Morgan fingerprint density at radius 1 is 1.41 bits per heavy atom. The average molecular weight is 319 g/mol. The third kappa shape index (κ3) is 4.66. The maximum absolute atomic E-state index is 14.5. The van der Waals surface area contributed by atoms with Gasteiger partial charge in [-0.05, 0) is 38.1 Å². The van der Waals surface area contributed by atoms with Crippen LogP contribution in [0.3, 0.4) is 0 Å². The van der Waals surface area contributed by atoms with Crippen LogP contribution >= 0.6 is 0 Å². The van der Waals surface area contributed by atoms with E-state index in [-0.39, 0.29) is 0 Å². The topological polar surface area (TPSA) is 86.0 Å². The van der Waals surface area contributed by atoms with Crippen molar-refractivity contribution in [2.24, 2.45) is 0 Å². The van der Waals surface area contributed by atoms with E-state index >= 15 is 0 Å². The van der Waals surface area contributed by atoms with Gasteiger partial charge >= 0.3 is 12.1 Å². The van der Waals surface area contributed by atoms with Crippen molar-refractivity contribution in [3.05, 3.63) is 29.6 Å². The predicted molar refractivity (Wildman–Crippen MR) is 67.5 cm³/mol. The number of aromatic nitrogens is 1. The molecule has 1 saturated heterocycles. The first kappa shape index (κ1) is 17.8. The lowest BCUT2D eigenvalue weighted by atomic mass is 9.88. The highest BCUT2D eigenvalue weighted by Crippen LogP contribution is 2.35. The monoisotopic (exact) mass is 319 g/mol. The first-order chi connectivity index (χ1) is 10.2. The predicted octanol–water partition coefficient (Wildman–Crippen LogP) is 2.13. The van der Waals surface area contributed by atoms with E-state index in [0.717, 1.165) is 0 Å². The number of hydrogen-bond acceptors (Lipinski definition) is 4. The summed E-state index contributed by atoms with van der Waals surface area (Å²) in [4.78, 5) is 12.9. The summed E-state index contributed by atoms with van der Waals surface area (Å²) in [5.74, 6) is -2.76. The summed E-state index contributed by atoms with van der Waals surface area (Å²) in [6.45, 7) is 1.27. The number of carboxylic acid groups (broad SMARTS) is 1. The van der Waals surface area contributed by atoms with E-state index in [4.69, 9.17) is 15.2 Å². The second-order valence-electron chi connectivity index (χ2n) is 4.53. The zero-order valence-electron chi connectivity index (χ0n) is 11.3. The standard InChI is InChI=1S/C11H12FN3.C2HF3O2/c12-11(3-6-14-7-4-11)10-9(8-13)2-1-5-15-10;3-2(4,5)1(6)7/h1-2,5,14H,3-4,6-7H2;(H,6,7). The van der Waals surface area contributed by atoms with Gasteiger partial charge in [0.1, 0.15) is 6.07 Å². The van der Waals surface area contributed by atoms with Crippen molar-refractivity contribution in [2.75, 3.05) is 13.1 Å². The lowest BCUT2D eigenvalue weighted by Gasteiger charge is -2.29. The van der Waals surface area contributed by atoms with Gasteiger partial charge in [-0.15, -0.1) is 0 Å². The Hall–Kier alpha value is -2.21. The van der Waals surface area contributed by atoms with Gasteiger partial charge in [0.15, 0.2) is 5.67 Å². The van der Waals surface area contributed by atoms with Crippen LogP contribution in [0.2, 0.25) is 0 Å². The number of nitrogens with one attached hydrogen (secondary N) is 1. The lowest BCUT2D eigenvalue weighted by Crippen LogP contribution is -2.37. The molecular weight excluding hydrogens is 306 g/mol. The van der Waals surface area contributed by atoms with Crippen LogP contribution in [0.15, 0.2) is 18.3 Å². The molecule has 0 aliphatic carbocycles. The molecule has 22 heavy (non-hydrogen) atoms. The van der Waals surface area contributed by atoms with Crippen LogP contribution in [-0.4, -0.2) is 35.3 Å². The second kappa shape index (κ2) is 7.17. The molecule has 0 unspecified atom stereocenters. The van der Waals surface area contributed by atoms with Gasteiger partial charge in [-0.25, -0.2) is 9.18 Å². The minimum atomic E-state index is -5.08. The molecule has 2 rings (SSSR count). The average Bonchev–Trinajstić information content (AvgIpc) is 2.47. The Morgan fingerprint density at radius 3 is 2.41 bits per heavy atom. The van der Waals surface area contributed by atoms with Crippen LogP contribution in [0.4, 0.5) is 17.6 Å². The summed E-state index contributed by atoms with van der Waals surface area (Å²) in [6, 6.07) is 5.27. The number of pyridine rings is 1. The van der Waals surface area contributed by atoms with Crippen LogP contribution in [0.25, 0.3) is 0 Å². The van der Waals surface area contributed by atoms with Crippen molar-refractivity contribution in [3.8, 4) is 6.07 Å². The maximum atomic E-state index is 14.5. The van der Waals surface area contributed by atoms with Gasteiger partial charge < -0.3 is 10.4 Å². The molecule has 0 bridgehead atoms. The normalized spacial score (nSPS) is 16.9. The number of rotatable bonds is 1. The van der Waals surface area contributed by atoms with Gasteiger partial charge in [0.2, 0.25) is 0 Å². The van der Waals surface area contributed by atoms with Gasteiger partial charge in [-0.3, -0.25) is 4.98 Å². The van der Waals surface area contributed by atoms with Crippen molar-refractivity contribution in [3.63, 3.8) is 0 Å². The van der Waals surface area contributed by atoms with Gasteiger partial charge in [0.25, 0.3) is 0 Å². The van der Waals surface area contributed by atoms with Crippen LogP contribution in [0.5, 0.6) is 0 Å². The zero-order valence-corrected chi connectivity index (χ0v) is 11.3. The number of nitrogens with zero attached hydrogens (tertiary/aromatic N) is 2. The number of nitriles is 1. The summed E-state index contributed by atoms with van der Waals surface area (Å²) in [5, 5.41) is 19.1. The number of carbonyl (C=O) groups is 1. The minimum absolute atomic E-state index is 0.300. The van der Waals surface area contributed by atoms with Crippen molar-refractivity contribution < 1.29 is 27.5 Å². The molecule has 2 heterocycles. The fraction of sp³-hybridized carbons (Fsp3) is 0.462. The number of alkyl halides is 4. The van der Waals surface area contributed by atoms with Gasteiger partial charge in [-0.2, -0.15) is 18.4 Å². The van der Waals surface area contributed by atoms with E-state index in [9.17, 15) is 17.6 Å². The molecule has 0 amide bonds.